The third-order valence-corrected chi connectivity index (χ3v) is 4.69. The number of halogens is 1. The molecule has 1 aliphatic rings. The van der Waals surface area contributed by atoms with Crippen molar-refractivity contribution in [1.82, 2.24) is 0 Å². The Hall–Kier alpha value is -1.85. The van der Waals surface area contributed by atoms with Gasteiger partial charge in [-0.2, -0.15) is 0 Å². The normalized spacial score (nSPS) is 21.3. The second-order valence-corrected chi connectivity index (χ2v) is 6.39. The van der Waals surface area contributed by atoms with Gasteiger partial charge in [0.2, 0.25) is 0 Å². The lowest BCUT2D eigenvalue weighted by atomic mass is 9.96. The van der Waals surface area contributed by atoms with Crippen LogP contribution in [0.25, 0.3) is 11.0 Å². The number of hydrogen-bond acceptors (Lipinski definition) is 4. The zero-order chi connectivity index (χ0) is 16.4. The van der Waals surface area contributed by atoms with Gasteiger partial charge >= 0.3 is 11.6 Å². The SMILES string of the molecule is COC(=O)C1CC[NH+](Cc2cc(=O)oc3ccc(Cl)cc23)CC1. The van der Waals surface area contributed by atoms with Gasteiger partial charge in [0, 0.05) is 34.9 Å². The summed E-state index contributed by atoms with van der Waals surface area (Å²) in [5.74, 6) is -0.127. The fraction of sp³-hybridized carbons (Fsp3) is 0.412. The molecule has 1 aliphatic heterocycles. The number of hydrogen-bond donors (Lipinski definition) is 1. The highest BCUT2D eigenvalue weighted by Gasteiger charge is 2.28. The third kappa shape index (κ3) is 3.57. The lowest BCUT2D eigenvalue weighted by molar-refractivity contribution is -0.919. The van der Waals surface area contributed by atoms with Crippen LogP contribution in [0.3, 0.4) is 0 Å². The van der Waals surface area contributed by atoms with E-state index < -0.39 is 0 Å². The molecule has 1 aromatic heterocycles. The number of benzene rings is 1. The molecule has 23 heavy (non-hydrogen) atoms. The summed E-state index contributed by atoms with van der Waals surface area (Å²) in [6.07, 6.45) is 1.62. The first-order valence-electron chi connectivity index (χ1n) is 7.70. The van der Waals surface area contributed by atoms with Crippen molar-refractivity contribution in [1.29, 1.82) is 0 Å². The quantitative estimate of drug-likeness (QED) is 0.680. The van der Waals surface area contributed by atoms with Gasteiger partial charge in [-0.3, -0.25) is 4.79 Å². The van der Waals surface area contributed by atoms with Crippen LogP contribution in [-0.4, -0.2) is 26.2 Å². The summed E-state index contributed by atoms with van der Waals surface area (Å²) in [7, 11) is 1.43. The second-order valence-electron chi connectivity index (χ2n) is 5.96. The molecular formula is C17H19ClNO4+. The van der Waals surface area contributed by atoms with Gasteiger partial charge in [-0.05, 0) is 18.2 Å². The average Bonchev–Trinajstić information content (AvgIpc) is 2.55. The highest BCUT2D eigenvalue weighted by atomic mass is 35.5. The fourth-order valence-electron chi connectivity index (χ4n) is 3.22. The molecule has 0 saturated carbocycles. The lowest BCUT2D eigenvalue weighted by Crippen LogP contribution is -3.11. The number of piperidine rings is 1. The van der Waals surface area contributed by atoms with Crippen LogP contribution in [0.15, 0.2) is 33.5 Å². The van der Waals surface area contributed by atoms with Crippen LogP contribution in [0.1, 0.15) is 18.4 Å². The molecular weight excluding hydrogens is 318 g/mol. The summed E-state index contributed by atoms with van der Waals surface area (Å²) < 4.78 is 10.0. The highest BCUT2D eigenvalue weighted by molar-refractivity contribution is 6.31. The van der Waals surface area contributed by atoms with Crippen molar-refractivity contribution in [3.05, 3.63) is 45.3 Å². The number of nitrogens with one attached hydrogen (secondary N) is 1. The van der Waals surface area contributed by atoms with Gasteiger partial charge in [-0.1, -0.05) is 11.6 Å². The van der Waals surface area contributed by atoms with E-state index in [1.807, 2.05) is 6.07 Å². The largest absolute Gasteiger partial charge is 0.469 e. The van der Waals surface area contributed by atoms with E-state index in [0.717, 1.165) is 43.4 Å². The molecule has 1 aromatic carbocycles. The van der Waals surface area contributed by atoms with E-state index >= 15 is 0 Å². The molecule has 0 bridgehead atoms. The Bertz CT molecular complexity index is 778. The van der Waals surface area contributed by atoms with Gasteiger partial charge in [0.05, 0.1) is 26.1 Å². The lowest BCUT2D eigenvalue weighted by Gasteiger charge is -2.28. The standard InChI is InChI=1S/C17H18ClNO4/c1-22-17(21)11-4-6-19(7-5-11)10-12-8-16(20)23-15-3-2-13(18)9-14(12)15/h2-3,8-9,11H,4-7,10H2,1H3/p+1. The molecule has 1 N–H and O–H groups in total. The van der Waals surface area contributed by atoms with Crippen molar-refractivity contribution < 1.29 is 18.8 Å². The van der Waals surface area contributed by atoms with Crippen LogP contribution >= 0.6 is 11.6 Å². The van der Waals surface area contributed by atoms with Gasteiger partial charge in [0.25, 0.3) is 0 Å². The molecule has 122 valence electrons. The first kappa shape index (κ1) is 16.0. The molecule has 6 heteroatoms. The van der Waals surface area contributed by atoms with Crippen molar-refractivity contribution in [2.75, 3.05) is 20.2 Å². The van der Waals surface area contributed by atoms with E-state index in [2.05, 4.69) is 0 Å². The number of ether oxygens (including phenoxy) is 1. The summed E-state index contributed by atoms with van der Waals surface area (Å²) in [5.41, 5.74) is 1.14. The van der Waals surface area contributed by atoms with Crippen LogP contribution in [-0.2, 0) is 16.1 Å². The van der Waals surface area contributed by atoms with E-state index in [0.29, 0.717) is 10.6 Å². The van der Waals surface area contributed by atoms with Crippen molar-refractivity contribution in [2.45, 2.75) is 19.4 Å². The Labute approximate surface area is 138 Å². The Morgan fingerprint density at radius 2 is 2.09 bits per heavy atom. The Morgan fingerprint density at radius 1 is 1.35 bits per heavy atom. The van der Waals surface area contributed by atoms with Crippen LogP contribution in [0, 0.1) is 5.92 Å². The molecule has 1 fully saturated rings. The predicted octanol–water partition coefficient (Wildman–Crippen LogP) is 1.41. The first-order chi connectivity index (χ1) is 11.1. The van der Waals surface area contributed by atoms with Gasteiger partial charge in [0.15, 0.2) is 0 Å². The number of methoxy groups -OCH3 is 1. The Balaban J connectivity index is 1.79. The Morgan fingerprint density at radius 3 is 2.78 bits per heavy atom. The number of quaternary nitrogens is 1. The molecule has 0 atom stereocenters. The molecule has 1 saturated heterocycles. The van der Waals surface area contributed by atoms with Crippen LogP contribution in [0.4, 0.5) is 0 Å². The maximum Gasteiger partial charge on any atom is 0.336 e. The highest BCUT2D eigenvalue weighted by Crippen LogP contribution is 2.21. The Kier molecular flexibility index (Phi) is 4.68. The summed E-state index contributed by atoms with van der Waals surface area (Å²) in [6, 6.07) is 6.81. The summed E-state index contributed by atoms with van der Waals surface area (Å²) >= 11 is 6.07. The zero-order valence-corrected chi connectivity index (χ0v) is 13.7. The zero-order valence-electron chi connectivity index (χ0n) is 12.9. The van der Waals surface area contributed by atoms with E-state index in [-0.39, 0.29) is 17.5 Å². The molecule has 3 rings (SSSR count). The second kappa shape index (κ2) is 6.72. The predicted molar refractivity (Wildman–Crippen MR) is 86.6 cm³/mol. The maximum atomic E-state index is 11.7. The summed E-state index contributed by atoms with van der Waals surface area (Å²) in [5, 5.41) is 1.49. The molecule has 0 spiro atoms. The number of carbonyl (C=O) groups excluding carboxylic acids is 1. The van der Waals surface area contributed by atoms with Crippen LogP contribution in [0.2, 0.25) is 5.02 Å². The van der Waals surface area contributed by atoms with E-state index in [4.69, 9.17) is 20.8 Å². The van der Waals surface area contributed by atoms with Gasteiger partial charge < -0.3 is 14.1 Å². The minimum Gasteiger partial charge on any atom is -0.469 e. The van der Waals surface area contributed by atoms with E-state index in [1.165, 1.54) is 18.1 Å². The number of rotatable bonds is 3. The van der Waals surface area contributed by atoms with E-state index in [1.54, 1.807) is 12.1 Å². The number of fused-ring (bicyclic) bond motifs is 1. The minimum atomic E-state index is -0.348. The summed E-state index contributed by atoms with van der Waals surface area (Å²) in [6.45, 7) is 2.47. The fourth-order valence-corrected chi connectivity index (χ4v) is 3.39. The van der Waals surface area contributed by atoms with Crippen LogP contribution < -0.4 is 10.5 Å². The molecule has 2 aromatic rings. The van der Waals surface area contributed by atoms with Crippen molar-refractivity contribution in [3.63, 3.8) is 0 Å². The monoisotopic (exact) mass is 336 g/mol. The summed E-state index contributed by atoms with van der Waals surface area (Å²) in [4.78, 5) is 24.7. The van der Waals surface area contributed by atoms with Gasteiger partial charge in [0.1, 0.15) is 12.1 Å². The van der Waals surface area contributed by atoms with Gasteiger partial charge in [-0.25, -0.2) is 4.79 Å². The van der Waals surface area contributed by atoms with Crippen molar-refractivity contribution in [3.8, 4) is 0 Å². The smallest absolute Gasteiger partial charge is 0.336 e. The number of esters is 1. The molecule has 2 heterocycles. The molecule has 5 nitrogen and oxygen atoms in total. The topological polar surface area (TPSA) is 61.0 Å². The molecule has 0 unspecified atom stereocenters. The van der Waals surface area contributed by atoms with Gasteiger partial charge in [-0.15, -0.1) is 0 Å². The number of likely N-dealkylation sites (tertiary alicyclic amines) is 1. The van der Waals surface area contributed by atoms with E-state index in [9.17, 15) is 9.59 Å². The average molecular weight is 337 g/mol. The van der Waals surface area contributed by atoms with Crippen LogP contribution in [0.5, 0.6) is 0 Å². The first-order valence-corrected chi connectivity index (χ1v) is 8.08. The third-order valence-electron chi connectivity index (χ3n) is 4.46. The number of carbonyl (C=O) groups is 1. The molecule has 0 radical (unpaired) electrons. The van der Waals surface area contributed by atoms with Crippen molar-refractivity contribution in [2.24, 2.45) is 5.92 Å². The minimum absolute atomic E-state index is 0.00391. The molecule has 0 aliphatic carbocycles. The maximum absolute atomic E-state index is 11.7. The van der Waals surface area contributed by atoms with Crippen molar-refractivity contribution >= 4 is 28.5 Å². The molecule has 0 amide bonds.